The van der Waals surface area contributed by atoms with E-state index in [1.165, 1.54) is 0 Å². The Morgan fingerprint density at radius 3 is 2.37 bits per heavy atom. The summed E-state index contributed by atoms with van der Waals surface area (Å²) in [5.74, 6) is 2.27. The quantitative estimate of drug-likeness (QED) is 0.556. The van der Waals surface area contributed by atoms with E-state index in [9.17, 15) is 4.79 Å². The Balaban J connectivity index is 1.91. The van der Waals surface area contributed by atoms with Gasteiger partial charge in [0.2, 0.25) is 5.75 Å². The fraction of sp³-hybridized carbons (Fsp3) is 0.304. The van der Waals surface area contributed by atoms with E-state index in [-0.39, 0.29) is 5.91 Å². The van der Waals surface area contributed by atoms with Gasteiger partial charge in [-0.25, -0.2) is 4.98 Å². The minimum Gasteiger partial charge on any atom is -0.493 e. The van der Waals surface area contributed by atoms with Gasteiger partial charge in [-0.05, 0) is 43.7 Å². The molecular weight excluding hydrogens is 382 g/mol. The van der Waals surface area contributed by atoms with Crippen molar-refractivity contribution in [3.05, 3.63) is 53.6 Å². The molecule has 0 radical (unpaired) electrons. The highest BCUT2D eigenvalue weighted by Crippen LogP contribution is 2.38. The number of rotatable bonds is 9. The van der Waals surface area contributed by atoms with Crippen LogP contribution in [0.25, 0.3) is 10.9 Å². The molecule has 30 heavy (non-hydrogen) atoms. The van der Waals surface area contributed by atoms with E-state index in [0.717, 1.165) is 16.5 Å². The lowest BCUT2D eigenvalue weighted by Crippen LogP contribution is -2.23. The minimum atomic E-state index is -0.122. The van der Waals surface area contributed by atoms with Crippen molar-refractivity contribution < 1.29 is 19.0 Å². The first-order valence-electron chi connectivity index (χ1n) is 9.90. The molecule has 0 saturated heterocycles. The fourth-order valence-electron chi connectivity index (χ4n) is 3.23. The van der Waals surface area contributed by atoms with Crippen LogP contribution in [0, 0.1) is 0 Å². The number of anilines is 1. The summed E-state index contributed by atoms with van der Waals surface area (Å²) in [4.78, 5) is 17.2. The second-order valence-electron chi connectivity index (χ2n) is 6.55. The van der Waals surface area contributed by atoms with Crippen molar-refractivity contribution in [1.82, 2.24) is 10.3 Å². The largest absolute Gasteiger partial charge is 0.493 e. The van der Waals surface area contributed by atoms with E-state index in [0.29, 0.717) is 48.3 Å². The molecule has 1 amide bonds. The summed E-state index contributed by atoms with van der Waals surface area (Å²) in [5.41, 5.74) is 2.28. The van der Waals surface area contributed by atoms with Gasteiger partial charge in [0.25, 0.3) is 5.91 Å². The molecule has 3 rings (SSSR count). The molecule has 2 N–H and O–H groups in total. The second kappa shape index (κ2) is 9.82. The SMILES string of the molecule is CCNC(=O)c1cc(NCc2cc(OC)c(OCC)c(OC)c2)nc2ccccc12. The van der Waals surface area contributed by atoms with Gasteiger partial charge in [-0.1, -0.05) is 18.2 Å². The molecule has 1 aromatic heterocycles. The number of benzene rings is 2. The molecule has 7 heteroatoms. The van der Waals surface area contributed by atoms with Crippen LogP contribution in [0.15, 0.2) is 42.5 Å². The van der Waals surface area contributed by atoms with Crippen LogP contribution in [0.4, 0.5) is 5.82 Å². The molecule has 0 aliphatic carbocycles. The maximum absolute atomic E-state index is 12.5. The van der Waals surface area contributed by atoms with Crippen molar-refractivity contribution in [2.24, 2.45) is 0 Å². The number of amides is 1. The molecular formula is C23H27N3O4. The Labute approximate surface area is 176 Å². The maximum atomic E-state index is 12.5. The van der Waals surface area contributed by atoms with Crippen molar-refractivity contribution in [2.45, 2.75) is 20.4 Å². The zero-order valence-electron chi connectivity index (χ0n) is 17.7. The lowest BCUT2D eigenvalue weighted by atomic mass is 10.1. The molecule has 0 spiro atoms. The summed E-state index contributed by atoms with van der Waals surface area (Å²) < 4.78 is 16.6. The Kier molecular flexibility index (Phi) is 6.95. The standard InChI is InChI=1S/C23H27N3O4/c1-5-24-23(27)17-13-21(26-18-10-8-7-9-16(17)18)25-14-15-11-19(28-3)22(30-6-2)20(12-15)29-4/h7-13H,5-6,14H2,1-4H3,(H,24,27)(H,25,26). The van der Waals surface area contributed by atoms with Crippen LogP contribution in [-0.4, -0.2) is 38.3 Å². The van der Waals surface area contributed by atoms with Gasteiger partial charge in [-0.2, -0.15) is 0 Å². The molecule has 0 aliphatic heterocycles. The zero-order valence-corrected chi connectivity index (χ0v) is 17.7. The number of fused-ring (bicyclic) bond motifs is 1. The van der Waals surface area contributed by atoms with Crippen molar-refractivity contribution in [2.75, 3.05) is 32.7 Å². The Hall–Kier alpha value is -3.48. The first kappa shape index (κ1) is 21.2. The third kappa shape index (κ3) is 4.56. The van der Waals surface area contributed by atoms with E-state index in [1.54, 1.807) is 20.3 Å². The summed E-state index contributed by atoms with van der Waals surface area (Å²) in [6, 6.07) is 13.2. The van der Waals surface area contributed by atoms with Gasteiger partial charge in [0, 0.05) is 18.5 Å². The summed E-state index contributed by atoms with van der Waals surface area (Å²) in [5, 5.41) is 6.98. The molecule has 0 unspecified atom stereocenters. The monoisotopic (exact) mass is 409 g/mol. The number of carbonyl (C=O) groups excluding carboxylic acids is 1. The lowest BCUT2D eigenvalue weighted by molar-refractivity contribution is 0.0957. The van der Waals surface area contributed by atoms with E-state index < -0.39 is 0 Å². The molecule has 1 heterocycles. The predicted molar refractivity (Wildman–Crippen MR) is 118 cm³/mol. The first-order chi connectivity index (χ1) is 14.6. The number of para-hydroxylation sites is 1. The Morgan fingerprint density at radius 2 is 1.73 bits per heavy atom. The van der Waals surface area contributed by atoms with Crippen molar-refractivity contribution in [3.63, 3.8) is 0 Å². The molecule has 158 valence electrons. The van der Waals surface area contributed by atoms with Crippen molar-refractivity contribution in [1.29, 1.82) is 0 Å². The van der Waals surface area contributed by atoms with Crippen LogP contribution in [0.2, 0.25) is 0 Å². The molecule has 0 bridgehead atoms. The minimum absolute atomic E-state index is 0.122. The fourth-order valence-corrected chi connectivity index (χ4v) is 3.23. The van der Waals surface area contributed by atoms with E-state index in [1.807, 2.05) is 50.2 Å². The molecule has 2 aromatic carbocycles. The van der Waals surface area contributed by atoms with Gasteiger partial charge in [0.15, 0.2) is 11.5 Å². The molecule has 0 atom stereocenters. The highest BCUT2D eigenvalue weighted by atomic mass is 16.5. The Bertz CT molecular complexity index is 1010. The van der Waals surface area contributed by atoms with Gasteiger partial charge in [0.1, 0.15) is 5.82 Å². The molecule has 0 aliphatic rings. The van der Waals surface area contributed by atoms with Crippen molar-refractivity contribution >= 4 is 22.6 Å². The third-order valence-electron chi connectivity index (χ3n) is 4.58. The average Bonchev–Trinajstić information content (AvgIpc) is 2.77. The number of nitrogens with zero attached hydrogens (tertiary/aromatic N) is 1. The van der Waals surface area contributed by atoms with E-state index >= 15 is 0 Å². The number of nitrogens with one attached hydrogen (secondary N) is 2. The van der Waals surface area contributed by atoms with Crippen LogP contribution in [0.5, 0.6) is 17.2 Å². The Morgan fingerprint density at radius 1 is 1.03 bits per heavy atom. The topological polar surface area (TPSA) is 81.7 Å². The maximum Gasteiger partial charge on any atom is 0.252 e. The van der Waals surface area contributed by atoms with E-state index in [4.69, 9.17) is 14.2 Å². The summed E-state index contributed by atoms with van der Waals surface area (Å²) in [7, 11) is 3.19. The van der Waals surface area contributed by atoms with Crippen LogP contribution >= 0.6 is 0 Å². The lowest BCUT2D eigenvalue weighted by Gasteiger charge is -2.16. The first-order valence-corrected chi connectivity index (χ1v) is 9.90. The number of hydrogen-bond donors (Lipinski definition) is 2. The van der Waals surface area contributed by atoms with Crippen LogP contribution in [0.3, 0.4) is 0 Å². The normalized spacial score (nSPS) is 10.5. The molecule has 3 aromatic rings. The molecule has 0 fully saturated rings. The highest BCUT2D eigenvalue weighted by molar-refractivity contribution is 6.06. The second-order valence-corrected chi connectivity index (χ2v) is 6.55. The number of ether oxygens (including phenoxy) is 3. The molecule has 0 saturated carbocycles. The highest BCUT2D eigenvalue weighted by Gasteiger charge is 2.15. The van der Waals surface area contributed by atoms with Gasteiger partial charge in [-0.15, -0.1) is 0 Å². The number of pyridine rings is 1. The van der Waals surface area contributed by atoms with Crippen LogP contribution in [-0.2, 0) is 6.54 Å². The van der Waals surface area contributed by atoms with E-state index in [2.05, 4.69) is 15.6 Å². The predicted octanol–water partition coefficient (Wildman–Crippen LogP) is 4.01. The number of carbonyl (C=O) groups is 1. The summed E-state index contributed by atoms with van der Waals surface area (Å²) >= 11 is 0. The summed E-state index contributed by atoms with van der Waals surface area (Å²) in [6.07, 6.45) is 0. The van der Waals surface area contributed by atoms with Crippen LogP contribution < -0.4 is 24.8 Å². The number of methoxy groups -OCH3 is 2. The number of hydrogen-bond acceptors (Lipinski definition) is 6. The van der Waals surface area contributed by atoms with Gasteiger partial charge in [-0.3, -0.25) is 4.79 Å². The summed E-state index contributed by atoms with van der Waals surface area (Å²) in [6.45, 7) is 5.34. The van der Waals surface area contributed by atoms with Gasteiger partial charge >= 0.3 is 0 Å². The van der Waals surface area contributed by atoms with Crippen molar-refractivity contribution in [3.8, 4) is 17.2 Å². The zero-order chi connectivity index (χ0) is 21.5. The number of aromatic nitrogens is 1. The smallest absolute Gasteiger partial charge is 0.252 e. The average molecular weight is 409 g/mol. The van der Waals surface area contributed by atoms with Gasteiger partial charge in [0.05, 0.1) is 31.9 Å². The molecule has 7 nitrogen and oxygen atoms in total. The van der Waals surface area contributed by atoms with Gasteiger partial charge < -0.3 is 24.8 Å². The third-order valence-corrected chi connectivity index (χ3v) is 4.58. The van der Waals surface area contributed by atoms with Crippen LogP contribution in [0.1, 0.15) is 29.8 Å².